The van der Waals surface area contributed by atoms with Crippen LogP contribution in [0.15, 0.2) is 28.3 Å². The Hall–Kier alpha value is -2.24. The van der Waals surface area contributed by atoms with Crippen molar-refractivity contribution in [3.63, 3.8) is 0 Å². The van der Waals surface area contributed by atoms with Crippen molar-refractivity contribution in [1.82, 2.24) is 0 Å². The molecule has 0 aromatic carbocycles. The van der Waals surface area contributed by atoms with Crippen LogP contribution >= 0.6 is 0 Å². The predicted molar refractivity (Wildman–Crippen MR) is 66.5 cm³/mol. The summed E-state index contributed by atoms with van der Waals surface area (Å²) in [5.74, 6) is -7.81. The van der Waals surface area contributed by atoms with Gasteiger partial charge in [-0.05, 0) is 12.2 Å². The van der Waals surface area contributed by atoms with Crippen molar-refractivity contribution in [2.45, 2.75) is 18.5 Å². The molecule has 22 heavy (non-hydrogen) atoms. The first-order valence-electron chi connectivity index (χ1n) is 5.33. The Balaban J connectivity index is 3.59. The molecule has 0 aromatic heterocycles. The van der Waals surface area contributed by atoms with Gasteiger partial charge < -0.3 is 11.5 Å². The second kappa shape index (κ2) is 5.87. The number of carbonyl (C=O) groups excluding carboxylic acids is 1. The van der Waals surface area contributed by atoms with E-state index in [2.05, 4.69) is 4.99 Å². The second-order valence-corrected chi connectivity index (χ2v) is 5.01. The molecule has 1 aliphatic carbocycles. The quantitative estimate of drug-likeness (QED) is 0.323. The van der Waals surface area contributed by atoms with Crippen LogP contribution in [0, 0.1) is 0 Å². The Morgan fingerprint density at radius 2 is 1.68 bits per heavy atom. The molecule has 0 aliphatic heterocycles. The fourth-order valence-corrected chi connectivity index (χ4v) is 1.99. The van der Waals surface area contributed by atoms with E-state index in [-0.39, 0.29) is 0 Å². The zero-order valence-electron chi connectivity index (χ0n) is 10.5. The molecule has 0 spiro atoms. The van der Waals surface area contributed by atoms with Crippen molar-refractivity contribution in [1.29, 1.82) is 0 Å². The molecule has 0 radical (unpaired) electrons. The maximum atomic E-state index is 13.5. The minimum Gasteiger partial charge on any atom is -0.370 e. The number of rotatable bonds is 2. The molecule has 0 atom stereocenters. The zero-order valence-corrected chi connectivity index (χ0v) is 11.3. The molecule has 12 heteroatoms. The lowest BCUT2D eigenvalue weighted by Crippen LogP contribution is -2.41. The highest BCUT2D eigenvalue weighted by atomic mass is 32.2. The van der Waals surface area contributed by atoms with Gasteiger partial charge in [-0.2, -0.15) is 35.4 Å². The van der Waals surface area contributed by atoms with Crippen LogP contribution in [0.4, 0.5) is 22.0 Å². The Bertz CT molecular complexity index is 719. The van der Waals surface area contributed by atoms with E-state index in [1.807, 2.05) is 0 Å². The number of halogens is 5. The van der Waals surface area contributed by atoms with Crippen molar-refractivity contribution in [3.05, 3.63) is 23.3 Å². The monoisotopic (exact) mass is 345 g/mol. The topological polar surface area (TPSA) is 116 Å². The summed E-state index contributed by atoms with van der Waals surface area (Å²) in [7, 11) is -3.02. The number of carbonyl (C=O) groups is 1. The number of nitrogens with zero attached hydrogens (tertiary/aromatic N) is 1. The molecule has 0 unspecified atom stereocenters. The standard InChI is InChI=1S/C10H8F5N3O3S/c11-9(12,10(13,14)15)6-3-4(22(20)21)1-2-5(6)7(19)18-8(16)17/h1-2H,3H2,(H4,16,17,18,19). The summed E-state index contributed by atoms with van der Waals surface area (Å²) in [6.07, 6.45) is -6.10. The molecule has 1 aliphatic rings. The van der Waals surface area contributed by atoms with Gasteiger partial charge in [0.25, 0.3) is 5.91 Å². The van der Waals surface area contributed by atoms with Gasteiger partial charge in [0.1, 0.15) is 0 Å². The third-order valence-electron chi connectivity index (χ3n) is 2.52. The number of nitrogens with two attached hydrogens (primary N) is 2. The van der Waals surface area contributed by atoms with Crippen molar-refractivity contribution < 1.29 is 35.2 Å². The summed E-state index contributed by atoms with van der Waals surface area (Å²) in [5.41, 5.74) is 6.87. The highest BCUT2D eigenvalue weighted by Crippen LogP contribution is 2.44. The Morgan fingerprint density at radius 3 is 2.09 bits per heavy atom. The minimum atomic E-state index is -6.02. The van der Waals surface area contributed by atoms with Crippen LogP contribution in [0.25, 0.3) is 0 Å². The normalized spacial score (nSPS) is 15.8. The van der Waals surface area contributed by atoms with E-state index >= 15 is 0 Å². The Labute approximate surface area is 121 Å². The van der Waals surface area contributed by atoms with E-state index in [4.69, 9.17) is 11.5 Å². The van der Waals surface area contributed by atoms with Crippen LogP contribution in [0.5, 0.6) is 0 Å². The summed E-state index contributed by atoms with van der Waals surface area (Å²) < 4.78 is 85.9. The van der Waals surface area contributed by atoms with Gasteiger partial charge in [0, 0.05) is 17.6 Å². The first-order chi connectivity index (χ1) is 9.87. The molecule has 0 heterocycles. The van der Waals surface area contributed by atoms with Crippen LogP contribution in [0.1, 0.15) is 6.42 Å². The molecular formula is C10H8F5N3O3S. The van der Waals surface area contributed by atoms with Gasteiger partial charge in [0.15, 0.2) is 5.96 Å². The van der Waals surface area contributed by atoms with Crippen LogP contribution in [0.3, 0.4) is 0 Å². The third kappa shape index (κ3) is 3.50. The smallest absolute Gasteiger partial charge is 0.370 e. The Kier molecular flexibility index (Phi) is 4.75. The van der Waals surface area contributed by atoms with E-state index < -0.39 is 56.7 Å². The molecule has 0 fully saturated rings. The molecule has 0 saturated carbocycles. The van der Waals surface area contributed by atoms with E-state index in [9.17, 15) is 35.2 Å². The van der Waals surface area contributed by atoms with Crippen molar-refractivity contribution in [2.75, 3.05) is 0 Å². The van der Waals surface area contributed by atoms with Crippen molar-refractivity contribution in [2.24, 2.45) is 16.5 Å². The molecule has 0 saturated heterocycles. The molecular weight excluding hydrogens is 337 g/mol. The molecule has 0 bridgehead atoms. The average Bonchev–Trinajstić information content (AvgIpc) is 2.35. The summed E-state index contributed by atoms with van der Waals surface area (Å²) in [5, 5.41) is 0. The highest BCUT2D eigenvalue weighted by molar-refractivity contribution is 7.73. The summed E-state index contributed by atoms with van der Waals surface area (Å²) in [6.45, 7) is 0. The van der Waals surface area contributed by atoms with Crippen molar-refractivity contribution >= 4 is 27.0 Å². The number of aliphatic imine (C=N–C) groups is 1. The van der Waals surface area contributed by atoms with Crippen LogP contribution in [0.2, 0.25) is 0 Å². The van der Waals surface area contributed by atoms with E-state index in [0.717, 1.165) is 0 Å². The molecule has 1 rings (SSSR count). The van der Waals surface area contributed by atoms with Gasteiger partial charge in [-0.15, -0.1) is 0 Å². The van der Waals surface area contributed by atoms with Crippen molar-refractivity contribution in [3.8, 4) is 0 Å². The molecule has 122 valence electrons. The summed E-state index contributed by atoms with van der Waals surface area (Å²) >= 11 is 0. The first kappa shape index (κ1) is 17.8. The maximum absolute atomic E-state index is 13.5. The number of guanidine groups is 1. The average molecular weight is 345 g/mol. The van der Waals surface area contributed by atoms with Gasteiger partial charge >= 0.3 is 12.1 Å². The SMILES string of the molecule is NC(N)=NC(=O)C1=C(C(F)(F)C(F)(F)F)CC(=S(=O)=O)C=C1. The van der Waals surface area contributed by atoms with Gasteiger partial charge in [0.05, 0.1) is 4.86 Å². The summed E-state index contributed by atoms with van der Waals surface area (Å²) in [6, 6.07) is 0. The number of amides is 1. The van der Waals surface area contributed by atoms with Gasteiger partial charge in [-0.25, -0.2) is 0 Å². The Morgan fingerprint density at radius 1 is 1.14 bits per heavy atom. The highest BCUT2D eigenvalue weighted by Gasteiger charge is 2.61. The first-order valence-corrected chi connectivity index (χ1v) is 6.40. The van der Waals surface area contributed by atoms with Gasteiger partial charge in [-0.1, -0.05) is 0 Å². The summed E-state index contributed by atoms with van der Waals surface area (Å²) in [4.78, 5) is 13.7. The zero-order chi connectivity index (χ0) is 17.3. The number of alkyl halides is 5. The number of allylic oxidation sites excluding steroid dienone is 2. The maximum Gasteiger partial charge on any atom is 0.457 e. The lowest BCUT2D eigenvalue weighted by atomic mass is 9.91. The van der Waals surface area contributed by atoms with E-state index in [1.54, 1.807) is 0 Å². The van der Waals surface area contributed by atoms with E-state index in [1.165, 1.54) is 0 Å². The predicted octanol–water partition coefficient (Wildman–Crippen LogP) is 0.292. The largest absolute Gasteiger partial charge is 0.457 e. The van der Waals surface area contributed by atoms with Gasteiger partial charge in [0.2, 0.25) is 10.3 Å². The fourth-order valence-electron chi connectivity index (χ4n) is 1.55. The lowest BCUT2D eigenvalue weighted by Gasteiger charge is -2.25. The fraction of sp³-hybridized carbons (Fsp3) is 0.300. The molecule has 0 aromatic rings. The van der Waals surface area contributed by atoms with Gasteiger partial charge in [-0.3, -0.25) is 4.79 Å². The third-order valence-corrected chi connectivity index (χ3v) is 3.23. The lowest BCUT2D eigenvalue weighted by molar-refractivity contribution is -0.264. The number of hydrogen-bond acceptors (Lipinski definition) is 3. The van der Waals surface area contributed by atoms with Crippen LogP contribution < -0.4 is 11.5 Å². The number of hydrogen-bond donors (Lipinski definition) is 2. The van der Waals surface area contributed by atoms with E-state index in [0.29, 0.717) is 12.2 Å². The molecule has 1 amide bonds. The minimum absolute atomic E-state index is 0.498. The molecule has 6 nitrogen and oxygen atoms in total. The molecule has 4 N–H and O–H groups in total. The van der Waals surface area contributed by atoms with Crippen LogP contribution in [-0.4, -0.2) is 37.2 Å². The second-order valence-electron chi connectivity index (χ2n) is 4.02. The van der Waals surface area contributed by atoms with Crippen LogP contribution in [-0.2, 0) is 15.1 Å².